The second-order valence-electron chi connectivity index (χ2n) is 3.42. The van der Waals surface area contributed by atoms with Gasteiger partial charge >= 0.3 is 0 Å². The van der Waals surface area contributed by atoms with Crippen LogP contribution in [0.1, 0.15) is 20.8 Å². The Balaban J connectivity index is 2.98. The van der Waals surface area contributed by atoms with Gasteiger partial charge in [0.2, 0.25) is 0 Å². The lowest BCUT2D eigenvalue weighted by Gasteiger charge is -2.18. The summed E-state index contributed by atoms with van der Waals surface area (Å²) in [6, 6.07) is 0. The third kappa shape index (κ3) is 0.886. The highest BCUT2D eigenvalue weighted by molar-refractivity contribution is 6.01. The van der Waals surface area contributed by atoms with Gasteiger partial charge in [-0.25, -0.2) is 0 Å². The number of carbonyl (C=O) groups is 1. The van der Waals surface area contributed by atoms with E-state index >= 15 is 0 Å². The van der Waals surface area contributed by atoms with Crippen LogP contribution in [0.5, 0.6) is 0 Å². The highest BCUT2D eigenvalue weighted by atomic mass is 16.3. The number of carbonyl (C=O) groups excluding carboxylic acids is 1. The van der Waals surface area contributed by atoms with Gasteiger partial charge in [-0.1, -0.05) is 19.9 Å². The molecule has 1 rings (SSSR count). The number of aliphatic hydroxyl groups excluding tert-OH is 1. The second kappa shape index (κ2) is 1.92. The van der Waals surface area contributed by atoms with Crippen molar-refractivity contribution < 1.29 is 9.90 Å². The normalized spacial score (nSPS) is 30.6. The first kappa shape index (κ1) is 7.48. The SMILES string of the molecule is CC1=CC(C)(C)[C@H](O)C1=O. The Hall–Kier alpha value is -0.630. The largest absolute Gasteiger partial charge is 0.384 e. The van der Waals surface area contributed by atoms with Crippen LogP contribution >= 0.6 is 0 Å². The van der Waals surface area contributed by atoms with E-state index in [1.807, 2.05) is 19.9 Å². The van der Waals surface area contributed by atoms with Gasteiger partial charge in [0.15, 0.2) is 5.78 Å². The Morgan fingerprint density at radius 2 is 2.10 bits per heavy atom. The summed E-state index contributed by atoms with van der Waals surface area (Å²) in [6.45, 7) is 5.44. The van der Waals surface area contributed by atoms with Crippen molar-refractivity contribution >= 4 is 5.78 Å². The summed E-state index contributed by atoms with van der Waals surface area (Å²) in [4.78, 5) is 11.0. The van der Waals surface area contributed by atoms with Crippen LogP contribution in [0.4, 0.5) is 0 Å². The minimum Gasteiger partial charge on any atom is -0.384 e. The van der Waals surface area contributed by atoms with Crippen LogP contribution < -0.4 is 0 Å². The van der Waals surface area contributed by atoms with Crippen LogP contribution in [-0.2, 0) is 4.79 Å². The summed E-state index contributed by atoms with van der Waals surface area (Å²) in [7, 11) is 0. The Morgan fingerprint density at radius 1 is 1.60 bits per heavy atom. The van der Waals surface area contributed by atoms with Crippen LogP contribution in [0, 0.1) is 5.41 Å². The molecule has 0 saturated heterocycles. The van der Waals surface area contributed by atoms with E-state index in [0.717, 1.165) is 0 Å². The van der Waals surface area contributed by atoms with Gasteiger partial charge in [-0.15, -0.1) is 0 Å². The van der Waals surface area contributed by atoms with Gasteiger partial charge in [0.05, 0.1) is 0 Å². The molecule has 10 heavy (non-hydrogen) atoms. The predicted octanol–water partition coefficient (Wildman–Crippen LogP) is 0.903. The van der Waals surface area contributed by atoms with Crippen LogP contribution in [0.15, 0.2) is 11.6 Å². The zero-order valence-corrected chi connectivity index (χ0v) is 6.51. The first-order valence-electron chi connectivity index (χ1n) is 3.37. The van der Waals surface area contributed by atoms with Gasteiger partial charge in [0, 0.05) is 5.41 Å². The molecule has 2 nitrogen and oxygen atoms in total. The van der Waals surface area contributed by atoms with Crippen molar-refractivity contribution in [2.75, 3.05) is 0 Å². The number of aliphatic hydroxyl groups is 1. The van der Waals surface area contributed by atoms with Gasteiger partial charge in [-0.05, 0) is 12.5 Å². The minimum absolute atomic E-state index is 0.134. The maximum atomic E-state index is 11.0. The van der Waals surface area contributed by atoms with Gasteiger partial charge in [0.1, 0.15) is 6.10 Å². The van der Waals surface area contributed by atoms with Gasteiger partial charge < -0.3 is 5.11 Å². The smallest absolute Gasteiger partial charge is 0.187 e. The first-order chi connectivity index (χ1) is 4.45. The van der Waals surface area contributed by atoms with Crippen molar-refractivity contribution in [2.24, 2.45) is 5.41 Å². The maximum Gasteiger partial charge on any atom is 0.187 e. The summed E-state index contributed by atoms with van der Waals surface area (Å²) < 4.78 is 0. The summed E-state index contributed by atoms with van der Waals surface area (Å²) >= 11 is 0. The van der Waals surface area contributed by atoms with E-state index in [-0.39, 0.29) is 11.2 Å². The van der Waals surface area contributed by atoms with Crippen LogP contribution in [0.25, 0.3) is 0 Å². The number of ketones is 1. The maximum absolute atomic E-state index is 11.0. The topological polar surface area (TPSA) is 37.3 Å². The van der Waals surface area contributed by atoms with E-state index in [1.54, 1.807) is 6.92 Å². The van der Waals surface area contributed by atoms with E-state index < -0.39 is 6.10 Å². The average molecular weight is 140 g/mol. The standard InChI is InChI=1S/C8H12O2/c1-5-4-8(2,3)7(10)6(5)9/h4,7,10H,1-3H3/t7-/m1/s1. The lowest BCUT2D eigenvalue weighted by molar-refractivity contribution is -0.125. The van der Waals surface area contributed by atoms with E-state index in [2.05, 4.69) is 0 Å². The van der Waals surface area contributed by atoms with E-state index in [9.17, 15) is 9.90 Å². The third-order valence-electron chi connectivity index (χ3n) is 1.93. The van der Waals surface area contributed by atoms with Crippen molar-refractivity contribution in [1.82, 2.24) is 0 Å². The molecule has 0 heterocycles. The summed E-state index contributed by atoms with van der Waals surface area (Å²) in [6.07, 6.45) is 0.993. The molecule has 0 radical (unpaired) electrons. The quantitative estimate of drug-likeness (QED) is 0.543. The molecule has 0 bridgehead atoms. The molecule has 1 atom stereocenters. The third-order valence-corrected chi connectivity index (χ3v) is 1.93. The monoisotopic (exact) mass is 140 g/mol. The zero-order chi connectivity index (χ0) is 7.94. The molecule has 1 aliphatic carbocycles. The molecule has 1 aliphatic rings. The molecule has 56 valence electrons. The Labute approximate surface area is 60.6 Å². The molecule has 0 aromatic carbocycles. The molecule has 0 spiro atoms. The Kier molecular flexibility index (Phi) is 1.44. The van der Waals surface area contributed by atoms with Crippen molar-refractivity contribution in [3.8, 4) is 0 Å². The van der Waals surface area contributed by atoms with Gasteiger partial charge in [-0.3, -0.25) is 4.79 Å². The Bertz CT molecular complexity index is 201. The molecule has 1 N–H and O–H groups in total. The fraction of sp³-hybridized carbons (Fsp3) is 0.625. The molecule has 2 heteroatoms. The number of rotatable bonds is 0. The fourth-order valence-corrected chi connectivity index (χ4v) is 1.26. The first-order valence-corrected chi connectivity index (χ1v) is 3.37. The minimum atomic E-state index is -0.826. The van der Waals surface area contributed by atoms with Crippen LogP contribution in [0.3, 0.4) is 0 Å². The zero-order valence-electron chi connectivity index (χ0n) is 6.51. The molecule has 0 unspecified atom stereocenters. The molecule has 0 aliphatic heterocycles. The summed E-state index contributed by atoms with van der Waals surface area (Å²) in [5, 5.41) is 9.29. The number of hydrogen-bond donors (Lipinski definition) is 1. The highest BCUT2D eigenvalue weighted by Crippen LogP contribution is 2.32. The molecular formula is C8H12O2. The van der Waals surface area contributed by atoms with E-state index in [0.29, 0.717) is 5.57 Å². The average Bonchev–Trinajstić information content (AvgIpc) is 1.95. The van der Waals surface area contributed by atoms with Crippen LogP contribution in [0.2, 0.25) is 0 Å². The fourth-order valence-electron chi connectivity index (χ4n) is 1.26. The number of Topliss-reactive ketones (excluding diaryl/α,β-unsaturated/α-hetero) is 1. The number of hydrogen-bond acceptors (Lipinski definition) is 2. The van der Waals surface area contributed by atoms with E-state index in [1.165, 1.54) is 0 Å². The predicted molar refractivity (Wildman–Crippen MR) is 38.6 cm³/mol. The van der Waals surface area contributed by atoms with Gasteiger partial charge in [0.25, 0.3) is 0 Å². The summed E-state index contributed by atoms with van der Waals surface area (Å²) in [5.41, 5.74) is 0.318. The van der Waals surface area contributed by atoms with Crippen molar-refractivity contribution in [3.05, 3.63) is 11.6 Å². The van der Waals surface area contributed by atoms with Gasteiger partial charge in [-0.2, -0.15) is 0 Å². The second-order valence-corrected chi connectivity index (χ2v) is 3.42. The molecule has 0 aromatic heterocycles. The molecule has 0 aromatic rings. The molecule has 0 saturated carbocycles. The lowest BCUT2D eigenvalue weighted by Crippen LogP contribution is -2.29. The lowest BCUT2D eigenvalue weighted by atomic mass is 9.90. The summed E-state index contributed by atoms with van der Waals surface area (Å²) in [5.74, 6) is -0.134. The molecule has 0 fully saturated rings. The van der Waals surface area contributed by atoms with Crippen molar-refractivity contribution in [2.45, 2.75) is 26.9 Å². The molecular weight excluding hydrogens is 128 g/mol. The van der Waals surface area contributed by atoms with Crippen molar-refractivity contribution in [1.29, 1.82) is 0 Å². The highest BCUT2D eigenvalue weighted by Gasteiger charge is 2.38. The van der Waals surface area contributed by atoms with Crippen LogP contribution in [-0.4, -0.2) is 17.0 Å². The van der Waals surface area contributed by atoms with E-state index in [4.69, 9.17) is 0 Å². The molecule has 0 amide bonds. The Morgan fingerprint density at radius 3 is 2.20 bits per heavy atom. The van der Waals surface area contributed by atoms with Crippen molar-refractivity contribution in [3.63, 3.8) is 0 Å².